The Hall–Kier alpha value is -1.30. The van der Waals surface area contributed by atoms with E-state index in [0.717, 1.165) is 6.42 Å². The number of urea groups is 1. The minimum atomic E-state index is -0.0430. The number of rotatable bonds is 5. The normalized spacial score (nSPS) is 19.1. The molecule has 1 fully saturated rings. The van der Waals surface area contributed by atoms with Gasteiger partial charge < -0.3 is 15.5 Å². The molecule has 0 aromatic heterocycles. The molecule has 0 aromatic rings. The van der Waals surface area contributed by atoms with Gasteiger partial charge in [0.1, 0.15) is 0 Å². The van der Waals surface area contributed by atoms with Gasteiger partial charge in [-0.3, -0.25) is 9.69 Å². The van der Waals surface area contributed by atoms with Gasteiger partial charge >= 0.3 is 6.03 Å². The maximum atomic E-state index is 11.8. The third-order valence-electron chi connectivity index (χ3n) is 3.44. The second kappa shape index (κ2) is 7.33. The minimum Gasteiger partial charge on any atom is -0.350 e. The summed E-state index contributed by atoms with van der Waals surface area (Å²) in [7, 11) is 1.93. The molecular formula is C13H26N4O2. The standard InChI is InChI=1S/C13H26N4O2/c1-5-14-13(19)17-7-6-11(8-17)15-12(18)9-16(4)10(2)3/h10-11H,5-9H2,1-4H3,(H,14,19)(H,15,18). The van der Waals surface area contributed by atoms with E-state index in [9.17, 15) is 9.59 Å². The largest absolute Gasteiger partial charge is 0.350 e. The van der Waals surface area contributed by atoms with E-state index in [1.54, 1.807) is 4.90 Å². The lowest BCUT2D eigenvalue weighted by molar-refractivity contribution is -0.122. The van der Waals surface area contributed by atoms with Gasteiger partial charge in [-0.25, -0.2) is 4.79 Å². The number of amides is 3. The lowest BCUT2D eigenvalue weighted by Gasteiger charge is -2.22. The van der Waals surface area contributed by atoms with Crippen LogP contribution in [0.4, 0.5) is 4.79 Å². The molecule has 1 unspecified atom stereocenters. The van der Waals surface area contributed by atoms with Crippen molar-refractivity contribution in [1.29, 1.82) is 0 Å². The summed E-state index contributed by atoms with van der Waals surface area (Å²) in [5.41, 5.74) is 0. The first kappa shape index (κ1) is 15.8. The number of hydrogen-bond acceptors (Lipinski definition) is 3. The zero-order valence-electron chi connectivity index (χ0n) is 12.4. The zero-order valence-corrected chi connectivity index (χ0v) is 12.4. The fraction of sp³-hybridized carbons (Fsp3) is 0.846. The maximum Gasteiger partial charge on any atom is 0.317 e. The summed E-state index contributed by atoms with van der Waals surface area (Å²) < 4.78 is 0. The molecular weight excluding hydrogens is 244 g/mol. The molecule has 0 aliphatic carbocycles. The fourth-order valence-corrected chi connectivity index (χ4v) is 2.01. The van der Waals surface area contributed by atoms with Gasteiger partial charge in [0.15, 0.2) is 0 Å². The predicted octanol–water partition coefficient (Wildman–Crippen LogP) is 0.247. The monoisotopic (exact) mass is 270 g/mol. The molecule has 6 nitrogen and oxygen atoms in total. The van der Waals surface area contributed by atoms with Crippen LogP contribution in [-0.2, 0) is 4.79 Å². The first-order valence-corrected chi connectivity index (χ1v) is 6.96. The van der Waals surface area contributed by atoms with Crippen LogP contribution in [0, 0.1) is 0 Å². The zero-order chi connectivity index (χ0) is 14.4. The lowest BCUT2D eigenvalue weighted by atomic mass is 10.2. The van der Waals surface area contributed by atoms with E-state index in [2.05, 4.69) is 24.5 Å². The summed E-state index contributed by atoms with van der Waals surface area (Å²) in [5.74, 6) is 0.0268. The van der Waals surface area contributed by atoms with Crippen molar-refractivity contribution in [3.8, 4) is 0 Å². The lowest BCUT2D eigenvalue weighted by Crippen LogP contribution is -2.45. The van der Waals surface area contributed by atoms with Crippen LogP contribution in [0.15, 0.2) is 0 Å². The Morgan fingerprint density at radius 1 is 1.42 bits per heavy atom. The van der Waals surface area contributed by atoms with Crippen LogP contribution < -0.4 is 10.6 Å². The molecule has 6 heteroatoms. The molecule has 1 rings (SSSR count). The highest BCUT2D eigenvalue weighted by Crippen LogP contribution is 2.09. The Labute approximate surface area is 115 Å². The Balaban J connectivity index is 2.32. The fourth-order valence-electron chi connectivity index (χ4n) is 2.01. The molecule has 1 saturated heterocycles. The first-order valence-electron chi connectivity index (χ1n) is 6.96. The van der Waals surface area contributed by atoms with Gasteiger partial charge in [0.25, 0.3) is 0 Å². The van der Waals surface area contributed by atoms with Gasteiger partial charge in [0.2, 0.25) is 5.91 Å². The molecule has 0 saturated carbocycles. The molecule has 110 valence electrons. The number of carbonyl (C=O) groups excluding carboxylic acids is 2. The predicted molar refractivity (Wildman–Crippen MR) is 75.0 cm³/mol. The molecule has 2 N–H and O–H groups in total. The van der Waals surface area contributed by atoms with Gasteiger partial charge in [-0.05, 0) is 34.2 Å². The third-order valence-corrected chi connectivity index (χ3v) is 3.44. The summed E-state index contributed by atoms with van der Waals surface area (Å²) in [6, 6.07) is 0.385. The van der Waals surface area contributed by atoms with Crippen molar-refractivity contribution in [1.82, 2.24) is 20.4 Å². The van der Waals surface area contributed by atoms with Crippen molar-refractivity contribution in [2.45, 2.75) is 39.3 Å². The van der Waals surface area contributed by atoms with Gasteiger partial charge in [0, 0.05) is 31.7 Å². The SMILES string of the molecule is CCNC(=O)N1CCC(NC(=O)CN(C)C(C)C)C1. The van der Waals surface area contributed by atoms with Gasteiger partial charge in [-0.2, -0.15) is 0 Å². The second-order valence-electron chi connectivity index (χ2n) is 5.34. The Morgan fingerprint density at radius 3 is 2.68 bits per heavy atom. The summed E-state index contributed by atoms with van der Waals surface area (Å²) >= 11 is 0. The van der Waals surface area contributed by atoms with Crippen LogP contribution in [0.2, 0.25) is 0 Å². The van der Waals surface area contributed by atoms with Crippen molar-refractivity contribution in [2.24, 2.45) is 0 Å². The third kappa shape index (κ3) is 5.06. The van der Waals surface area contributed by atoms with Gasteiger partial charge in [0.05, 0.1) is 6.54 Å². The Kier molecular flexibility index (Phi) is 6.08. The number of carbonyl (C=O) groups is 2. The average molecular weight is 270 g/mol. The van der Waals surface area contributed by atoms with Crippen molar-refractivity contribution >= 4 is 11.9 Å². The second-order valence-corrected chi connectivity index (χ2v) is 5.34. The van der Waals surface area contributed by atoms with Crippen molar-refractivity contribution in [3.63, 3.8) is 0 Å². The first-order chi connectivity index (χ1) is 8.93. The number of hydrogen-bond donors (Lipinski definition) is 2. The van der Waals surface area contributed by atoms with E-state index in [1.165, 1.54) is 0 Å². The molecule has 19 heavy (non-hydrogen) atoms. The van der Waals surface area contributed by atoms with E-state index in [0.29, 0.717) is 32.2 Å². The van der Waals surface area contributed by atoms with Crippen molar-refractivity contribution in [2.75, 3.05) is 33.2 Å². The number of nitrogens with zero attached hydrogens (tertiary/aromatic N) is 2. The summed E-state index contributed by atoms with van der Waals surface area (Å²) in [5, 5.41) is 5.76. The molecule has 1 aliphatic heterocycles. The summed E-state index contributed by atoms with van der Waals surface area (Å²) in [6.07, 6.45) is 0.828. The smallest absolute Gasteiger partial charge is 0.317 e. The molecule has 0 spiro atoms. The van der Waals surface area contributed by atoms with E-state index in [4.69, 9.17) is 0 Å². The Bertz CT molecular complexity index is 320. The highest BCUT2D eigenvalue weighted by atomic mass is 16.2. The van der Waals surface area contributed by atoms with Crippen LogP contribution in [0.5, 0.6) is 0 Å². The molecule has 0 bridgehead atoms. The van der Waals surface area contributed by atoms with E-state index in [-0.39, 0.29) is 18.0 Å². The molecule has 3 amide bonds. The number of likely N-dealkylation sites (tertiary alicyclic amines) is 1. The molecule has 1 atom stereocenters. The molecule has 1 heterocycles. The van der Waals surface area contributed by atoms with Crippen molar-refractivity contribution in [3.05, 3.63) is 0 Å². The topological polar surface area (TPSA) is 64.7 Å². The number of nitrogens with one attached hydrogen (secondary N) is 2. The minimum absolute atomic E-state index is 0.0268. The van der Waals surface area contributed by atoms with Crippen molar-refractivity contribution < 1.29 is 9.59 Å². The quantitative estimate of drug-likeness (QED) is 0.752. The van der Waals surface area contributed by atoms with Crippen LogP contribution in [0.3, 0.4) is 0 Å². The highest BCUT2D eigenvalue weighted by Gasteiger charge is 2.27. The van der Waals surface area contributed by atoms with Crippen LogP contribution in [0.25, 0.3) is 0 Å². The van der Waals surface area contributed by atoms with E-state index < -0.39 is 0 Å². The summed E-state index contributed by atoms with van der Waals surface area (Å²) in [4.78, 5) is 27.2. The highest BCUT2D eigenvalue weighted by molar-refractivity contribution is 5.79. The van der Waals surface area contributed by atoms with Crippen LogP contribution in [0.1, 0.15) is 27.2 Å². The Morgan fingerprint density at radius 2 is 2.11 bits per heavy atom. The van der Waals surface area contributed by atoms with E-state index >= 15 is 0 Å². The molecule has 0 radical (unpaired) electrons. The van der Waals surface area contributed by atoms with Gasteiger partial charge in [-0.1, -0.05) is 0 Å². The van der Waals surface area contributed by atoms with Crippen LogP contribution in [-0.4, -0.2) is 67.0 Å². The number of likely N-dealkylation sites (N-methyl/N-ethyl adjacent to an activating group) is 1. The summed E-state index contributed by atoms with van der Waals surface area (Å²) in [6.45, 7) is 8.34. The van der Waals surface area contributed by atoms with Crippen LogP contribution >= 0.6 is 0 Å². The molecule has 1 aliphatic rings. The maximum absolute atomic E-state index is 11.8. The van der Waals surface area contributed by atoms with Gasteiger partial charge in [-0.15, -0.1) is 0 Å². The average Bonchev–Trinajstić information content (AvgIpc) is 2.77. The molecule has 0 aromatic carbocycles. The van der Waals surface area contributed by atoms with E-state index in [1.807, 2.05) is 18.9 Å².